The quantitative estimate of drug-likeness (QED) is 0.757. The van der Waals surface area contributed by atoms with Gasteiger partial charge in [0, 0.05) is 12.5 Å². The first-order valence-corrected chi connectivity index (χ1v) is 5.75. The van der Waals surface area contributed by atoms with Crippen molar-refractivity contribution < 1.29 is 19.0 Å². The van der Waals surface area contributed by atoms with Crippen molar-refractivity contribution in [3.8, 4) is 17.6 Å². The molecule has 0 amide bonds. The number of carbonyl (C=O) groups is 1. The summed E-state index contributed by atoms with van der Waals surface area (Å²) in [6.07, 6.45) is -0.0538. The van der Waals surface area contributed by atoms with E-state index < -0.39 is 6.10 Å². The smallest absolute Gasteiger partial charge is 0.347 e. The summed E-state index contributed by atoms with van der Waals surface area (Å²) >= 11 is 0. The normalized spacial score (nSPS) is 18.0. The van der Waals surface area contributed by atoms with Crippen molar-refractivity contribution in [3.05, 3.63) is 23.8 Å². The van der Waals surface area contributed by atoms with Crippen LogP contribution in [0.15, 0.2) is 18.2 Å². The van der Waals surface area contributed by atoms with Crippen LogP contribution in [0.25, 0.3) is 0 Å². The van der Waals surface area contributed by atoms with Crippen LogP contribution >= 0.6 is 0 Å². The molecule has 0 bridgehead atoms. The summed E-state index contributed by atoms with van der Waals surface area (Å²) in [6, 6.07) is 6.88. The zero-order valence-electron chi connectivity index (χ0n) is 10.0. The number of nitrogens with zero attached hydrogens (tertiary/aromatic N) is 1. The second kappa shape index (κ2) is 5.41. The summed E-state index contributed by atoms with van der Waals surface area (Å²) in [4.78, 5) is 11.3. The predicted octanol–water partition coefficient (Wildman–Crippen LogP) is 1.65. The Labute approximate surface area is 105 Å². The second-order valence-corrected chi connectivity index (χ2v) is 3.77. The van der Waals surface area contributed by atoms with E-state index >= 15 is 0 Å². The fourth-order valence-electron chi connectivity index (χ4n) is 1.68. The molecule has 0 aromatic heterocycles. The molecule has 0 spiro atoms. The molecular weight excluding hydrogens is 234 g/mol. The van der Waals surface area contributed by atoms with Gasteiger partial charge in [-0.05, 0) is 19.1 Å². The van der Waals surface area contributed by atoms with Gasteiger partial charge in [0.05, 0.1) is 24.8 Å². The molecular formula is C13H13NO4. The van der Waals surface area contributed by atoms with Crippen molar-refractivity contribution in [2.45, 2.75) is 19.4 Å². The minimum Gasteiger partial charge on any atom is -0.490 e. The molecule has 1 fully saturated rings. The Morgan fingerprint density at radius 1 is 1.50 bits per heavy atom. The molecule has 0 radical (unpaired) electrons. The molecule has 1 atom stereocenters. The number of cyclic esters (lactones) is 1. The molecule has 1 heterocycles. The Bertz CT molecular complexity index is 492. The Morgan fingerprint density at radius 3 is 2.94 bits per heavy atom. The molecule has 18 heavy (non-hydrogen) atoms. The van der Waals surface area contributed by atoms with Gasteiger partial charge in [-0.25, -0.2) is 4.79 Å². The number of rotatable bonds is 4. The lowest BCUT2D eigenvalue weighted by atomic mass is 10.2. The molecule has 1 aliphatic heterocycles. The third-order valence-corrected chi connectivity index (χ3v) is 2.53. The standard InChI is InChI=1S/C13H13NO4/c1-2-16-12-7-9(8-14)3-4-10(12)18-11-5-6-17-13(11)15/h3-4,7,11H,2,5-6H2,1H3. The van der Waals surface area contributed by atoms with E-state index in [1.807, 2.05) is 13.0 Å². The SMILES string of the molecule is CCOc1cc(C#N)ccc1OC1CCOC1=O. The highest BCUT2D eigenvalue weighted by atomic mass is 16.6. The number of esters is 1. The number of ether oxygens (including phenoxy) is 3. The average Bonchev–Trinajstić information content (AvgIpc) is 2.77. The molecule has 1 unspecified atom stereocenters. The summed E-state index contributed by atoms with van der Waals surface area (Å²) in [5, 5.41) is 8.83. The first-order chi connectivity index (χ1) is 8.74. The Kier molecular flexibility index (Phi) is 3.68. The van der Waals surface area contributed by atoms with Gasteiger partial charge in [-0.1, -0.05) is 0 Å². The first-order valence-electron chi connectivity index (χ1n) is 5.75. The molecule has 1 saturated heterocycles. The minimum absolute atomic E-state index is 0.359. The van der Waals surface area contributed by atoms with Gasteiger partial charge in [0.25, 0.3) is 0 Å². The van der Waals surface area contributed by atoms with Crippen LogP contribution in [0.5, 0.6) is 11.5 Å². The van der Waals surface area contributed by atoms with E-state index in [0.717, 1.165) is 0 Å². The largest absolute Gasteiger partial charge is 0.490 e. The molecule has 0 saturated carbocycles. The topological polar surface area (TPSA) is 68.6 Å². The minimum atomic E-state index is -0.586. The van der Waals surface area contributed by atoms with Gasteiger partial charge >= 0.3 is 5.97 Å². The van der Waals surface area contributed by atoms with E-state index in [9.17, 15) is 4.79 Å². The average molecular weight is 247 g/mol. The molecule has 94 valence electrons. The maximum atomic E-state index is 11.3. The van der Waals surface area contributed by atoms with Crippen LogP contribution in [-0.2, 0) is 9.53 Å². The Hall–Kier alpha value is -2.22. The van der Waals surface area contributed by atoms with E-state index in [1.165, 1.54) is 0 Å². The van der Waals surface area contributed by atoms with Gasteiger partial charge in [-0.2, -0.15) is 5.26 Å². The molecule has 2 rings (SSSR count). The van der Waals surface area contributed by atoms with Crippen molar-refractivity contribution in [2.75, 3.05) is 13.2 Å². The van der Waals surface area contributed by atoms with Crippen LogP contribution in [0, 0.1) is 11.3 Å². The predicted molar refractivity (Wildman–Crippen MR) is 62.3 cm³/mol. The fraction of sp³-hybridized carbons (Fsp3) is 0.385. The second-order valence-electron chi connectivity index (χ2n) is 3.77. The summed E-state index contributed by atoms with van der Waals surface area (Å²) in [5.41, 5.74) is 0.486. The summed E-state index contributed by atoms with van der Waals surface area (Å²) in [5.74, 6) is 0.567. The number of nitriles is 1. The van der Waals surface area contributed by atoms with Crippen molar-refractivity contribution in [1.82, 2.24) is 0 Å². The summed E-state index contributed by atoms with van der Waals surface area (Å²) < 4.78 is 15.8. The van der Waals surface area contributed by atoms with E-state index in [0.29, 0.717) is 36.7 Å². The van der Waals surface area contributed by atoms with Gasteiger partial charge in [0.2, 0.25) is 0 Å². The molecule has 0 aliphatic carbocycles. The molecule has 5 heteroatoms. The van der Waals surface area contributed by atoms with Gasteiger partial charge in [-0.3, -0.25) is 0 Å². The molecule has 1 aromatic carbocycles. The van der Waals surface area contributed by atoms with Gasteiger partial charge in [-0.15, -0.1) is 0 Å². The van der Waals surface area contributed by atoms with Gasteiger partial charge in [0.1, 0.15) is 0 Å². The summed E-state index contributed by atoms with van der Waals surface area (Å²) in [6.45, 7) is 2.68. The molecule has 5 nitrogen and oxygen atoms in total. The lowest BCUT2D eigenvalue weighted by molar-refractivity contribution is -0.143. The van der Waals surface area contributed by atoms with E-state index in [4.69, 9.17) is 19.5 Å². The van der Waals surface area contributed by atoms with Crippen LogP contribution in [0.3, 0.4) is 0 Å². The van der Waals surface area contributed by atoms with Crippen molar-refractivity contribution >= 4 is 5.97 Å². The number of benzene rings is 1. The third-order valence-electron chi connectivity index (χ3n) is 2.53. The van der Waals surface area contributed by atoms with Crippen LogP contribution in [0.1, 0.15) is 18.9 Å². The van der Waals surface area contributed by atoms with Crippen LogP contribution in [-0.4, -0.2) is 25.3 Å². The van der Waals surface area contributed by atoms with Crippen molar-refractivity contribution in [1.29, 1.82) is 5.26 Å². The summed E-state index contributed by atoms with van der Waals surface area (Å²) in [7, 11) is 0. The lowest BCUT2D eigenvalue weighted by Crippen LogP contribution is -2.22. The van der Waals surface area contributed by atoms with Crippen LogP contribution in [0.2, 0.25) is 0 Å². The Balaban J connectivity index is 2.21. The number of hydrogen-bond donors (Lipinski definition) is 0. The zero-order valence-corrected chi connectivity index (χ0v) is 10.0. The highest BCUT2D eigenvalue weighted by Crippen LogP contribution is 2.30. The van der Waals surface area contributed by atoms with Crippen molar-refractivity contribution in [3.63, 3.8) is 0 Å². The zero-order chi connectivity index (χ0) is 13.0. The van der Waals surface area contributed by atoms with Crippen LogP contribution in [0.4, 0.5) is 0 Å². The molecule has 1 aliphatic rings. The number of carbonyl (C=O) groups excluding carboxylic acids is 1. The van der Waals surface area contributed by atoms with E-state index in [-0.39, 0.29) is 5.97 Å². The fourth-order valence-corrected chi connectivity index (χ4v) is 1.68. The van der Waals surface area contributed by atoms with Gasteiger partial charge in [0.15, 0.2) is 17.6 Å². The highest BCUT2D eigenvalue weighted by molar-refractivity contribution is 5.77. The van der Waals surface area contributed by atoms with Gasteiger partial charge < -0.3 is 14.2 Å². The number of hydrogen-bond acceptors (Lipinski definition) is 5. The molecule has 0 N–H and O–H groups in total. The van der Waals surface area contributed by atoms with Crippen molar-refractivity contribution in [2.24, 2.45) is 0 Å². The first kappa shape index (κ1) is 12.2. The maximum Gasteiger partial charge on any atom is 0.347 e. The third kappa shape index (κ3) is 2.54. The monoisotopic (exact) mass is 247 g/mol. The lowest BCUT2D eigenvalue weighted by Gasteiger charge is -2.14. The van der Waals surface area contributed by atoms with E-state index in [1.54, 1.807) is 18.2 Å². The highest BCUT2D eigenvalue weighted by Gasteiger charge is 2.29. The molecule has 1 aromatic rings. The Morgan fingerprint density at radius 2 is 2.33 bits per heavy atom. The van der Waals surface area contributed by atoms with E-state index in [2.05, 4.69) is 0 Å². The maximum absolute atomic E-state index is 11.3. The van der Waals surface area contributed by atoms with Crippen LogP contribution < -0.4 is 9.47 Å².